The topological polar surface area (TPSA) is 58.2 Å². The second-order valence-corrected chi connectivity index (χ2v) is 7.23. The van der Waals surface area contributed by atoms with E-state index in [0.29, 0.717) is 12.6 Å². The molecule has 1 fully saturated rings. The molecule has 0 amide bonds. The molecule has 1 atom stereocenters. The predicted octanol–water partition coefficient (Wildman–Crippen LogP) is 1.63. The minimum absolute atomic E-state index is 0.193. The maximum Gasteiger partial charge on any atom is 0.243 e. The van der Waals surface area contributed by atoms with Gasteiger partial charge in [-0.1, -0.05) is 6.92 Å². The minimum Gasteiger partial charge on any atom is -0.316 e. The smallest absolute Gasteiger partial charge is 0.243 e. The first-order valence-corrected chi connectivity index (χ1v) is 7.96. The summed E-state index contributed by atoms with van der Waals surface area (Å²) in [5.74, 6) is -1.88. The lowest BCUT2D eigenvalue weighted by Crippen LogP contribution is -2.45. The fourth-order valence-corrected chi connectivity index (χ4v) is 3.57. The van der Waals surface area contributed by atoms with Gasteiger partial charge in [-0.2, -0.15) is 0 Å². The highest BCUT2D eigenvalue weighted by Crippen LogP contribution is 2.25. The van der Waals surface area contributed by atoms with Crippen LogP contribution >= 0.6 is 0 Å². The van der Waals surface area contributed by atoms with E-state index in [1.807, 2.05) is 6.92 Å². The molecule has 1 aliphatic heterocycles. The first kappa shape index (κ1) is 15.3. The van der Waals surface area contributed by atoms with Gasteiger partial charge >= 0.3 is 0 Å². The van der Waals surface area contributed by atoms with Crippen LogP contribution in [0.25, 0.3) is 0 Å². The molecular weight excluding hydrogens is 286 g/mol. The molecule has 2 N–H and O–H groups in total. The van der Waals surface area contributed by atoms with Gasteiger partial charge in [-0.25, -0.2) is 21.9 Å². The first-order chi connectivity index (χ1) is 9.32. The number of benzene rings is 1. The summed E-state index contributed by atoms with van der Waals surface area (Å²) in [4.78, 5) is -0.522. The van der Waals surface area contributed by atoms with Gasteiger partial charge in [0, 0.05) is 19.2 Å². The van der Waals surface area contributed by atoms with E-state index >= 15 is 0 Å². The first-order valence-electron chi connectivity index (χ1n) is 6.48. The number of sulfonamides is 1. The summed E-state index contributed by atoms with van der Waals surface area (Å²) < 4.78 is 52.9. The summed E-state index contributed by atoms with van der Waals surface area (Å²) in [6, 6.07) is 2.44. The molecule has 1 heterocycles. The highest BCUT2D eigenvalue weighted by atomic mass is 32.2. The van der Waals surface area contributed by atoms with Crippen molar-refractivity contribution in [3.05, 3.63) is 29.8 Å². The molecule has 0 bridgehead atoms. The largest absolute Gasteiger partial charge is 0.316 e. The molecule has 1 aliphatic rings. The molecule has 4 nitrogen and oxygen atoms in total. The zero-order valence-electron chi connectivity index (χ0n) is 11.2. The van der Waals surface area contributed by atoms with E-state index in [4.69, 9.17) is 0 Å². The lowest BCUT2D eigenvalue weighted by Gasteiger charge is -2.34. The average molecular weight is 304 g/mol. The Hall–Kier alpha value is -1.05. The number of rotatable bonds is 4. The fourth-order valence-electron chi connectivity index (χ4n) is 2.31. The van der Waals surface area contributed by atoms with Crippen molar-refractivity contribution in [2.24, 2.45) is 5.41 Å². The maximum atomic E-state index is 13.5. The van der Waals surface area contributed by atoms with Crippen LogP contribution in [-0.4, -0.2) is 28.1 Å². The van der Waals surface area contributed by atoms with Gasteiger partial charge in [0.1, 0.15) is 16.5 Å². The van der Waals surface area contributed by atoms with Crippen molar-refractivity contribution in [3.8, 4) is 0 Å². The molecule has 0 spiro atoms. The highest BCUT2D eigenvalue weighted by molar-refractivity contribution is 7.89. The van der Waals surface area contributed by atoms with Crippen LogP contribution in [0.1, 0.15) is 19.8 Å². The Morgan fingerprint density at radius 2 is 2.15 bits per heavy atom. The summed E-state index contributed by atoms with van der Waals surface area (Å²) in [6.07, 6.45) is 1.87. The summed E-state index contributed by atoms with van der Waals surface area (Å²) in [7, 11) is -3.96. The third-order valence-corrected chi connectivity index (χ3v) is 4.99. The number of hydrogen-bond donors (Lipinski definition) is 2. The van der Waals surface area contributed by atoms with Crippen molar-refractivity contribution >= 4 is 10.0 Å². The molecule has 0 aliphatic carbocycles. The van der Waals surface area contributed by atoms with Crippen molar-refractivity contribution in [1.82, 2.24) is 10.0 Å². The van der Waals surface area contributed by atoms with Crippen LogP contribution in [0.4, 0.5) is 8.78 Å². The predicted molar refractivity (Wildman–Crippen MR) is 71.8 cm³/mol. The lowest BCUT2D eigenvalue weighted by atomic mass is 9.83. The Morgan fingerprint density at radius 1 is 1.40 bits per heavy atom. The van der Waals surface area contributed by atoms with Gasteiger partial charge in [-0.3, -0.25) is 0 Å². The van der Waals surface area contributed by atoms with Gasteiger partial charge in [0.25, 0.3) is 0 Å². The van der Waals surface area contributed by atoms with Gasteiger partial charge in [0.05, 0.1) is 0 Å². The molecule has 1 unspecified atom stereocenters. The van der Waals surface area contributed by atoms with E-state index in [-0.39, 0.29) is 12.0 Å². The Labute approximate surface area is 117 Å². The molecule has 2 rings (SSSR count). The van der Waals surface area contributed by atoms with Crippen molar-refractivity contribution in [2.45, 2.75) is 24.7 Å². The normalized spacial score (nSPS) is 23.8. The van der Waals surface area contributed by atoms with Crippen LogP contribution < -0.4 is 10.0 Å². The van der Waals surface area contributed by atoms with E-state index < -0.39 is 26.6 Å². The van der Waals surface area contributed by atoms with Gasteiger partial charge in [0.15, 0.2) is 0 Å². The lowest BCUT2D eigenvalue weighted by molar-refractivity contribution is 0.238. The third-order valence-electron chi connectivity index (χ3n) is 3.56. The summed E-state index contributed by atoms with van der Waals surface area (Å²) in [5, 5.41) is 3.21. The molecule has 7 heteroatoms. The van der Waals surface area contributed by atoms with Gasteiger partial charge in [-0.05, 0) is 36.9 Å². The van der Waals surface area contributed by atoms with Crippen molar-refractivity contribution in [2.75, 3.05) is 19.6 Å². The zero-order chi connectivity index (χ0) is 14.8. The number of halogens is 2. The molecule has 112 valence electrons. The van der Waals surface area contributed by atoms with E-state index in [2.05, 4.69) is 10.0 Å². The van der Waals surface area contributed by atoms with Crippen LogP contribution in [0.5, 0.6) is 0 Å². The second-order valence-electron chi connectivity index (χ2n) is 5.49. The van der Waals surface area contributed by atoms with Crippen molar-refractivity contribution in [3.63, 3.8) is 0 Å². The Kier molecular flexibility index (Phi) is 4.41. The van der Waals surface area contributed by atoms with Gasteiger partial charge in [0.2, 0.25) is 10.0 Å². The maximum absolute atomic E-state index is 13.5. The van der Waals surface area contributed by atoms with Crippen molar-refractivity contribution < 1.29 is 17.2 Å². The summed E-state index contributed by atoms with van der Waals surface area (Å²) >= 11 is 0. The van der Waals surface area contributed by atoms with E-state index in [1.165, 1.54) is 0 Å². The molecule has 1 aromatic carbocycles. The average Bonchev–Trinajstić information content (AvgIpc) is 2.37. The molecule has 1 aromatic rings. The third kappa shape index (κ3) is 3.53. The summed E-state index contributed by atoms with van der Waals surface area (Å²) in [6.45, 7) is 3.83. The Morgan fingerprint density at radius 3 is 2.75 bits per heavy atom. The van der Waals surface area contributed by atoms with Crippen molar-refractivity contribution in [1.29, 1.82) is 0 Å². The number of nitrogens with one attached hydrogen (secondary N) is 2. The van der Waals surface area contributed by atoms with E-state index in [1.54, 1.807) is 0 Å². The molecule has 0 saturated carbocycles. The molecular formula is C13H18F2N2O2S. The SMILES string of the molecule is CC1(CNS(=O)(=O)c2ccc(F)cc2F)CCCNC1. The zero-order valence-corrected chi connectivity index (χ0v) is 12.1. The van der Waals surface area contributed by atoms with Crippen LogP contribution in [0, 0.1) is 17.0 Å². The quantitative estimate of drug-likeness (QED) is 0.889. The molecule has 20 heavy (non-hydrogen) atoms. The fraction of sp³-hybridized carbons (Fsp3) is 0.538. The number of hydrogen-bond acceptors (Lipinski definition) is 3. The van der Waals surface area contributed by atoms with Crippen LogP contribution in [0.3, 0.4) is 0 Å². The Bertz CT molecular complexity index is 584. The monoisotopic (exact) mass is 304 g/mol. The number of piperidine rings is 1. The van der Waals surface area contributed by atoms with Crippen LogP contribution in [0.15, 0.2) is 23.1 Å². The molecule has 1 saturated heterocycles. The van der Waals surface area contributed by atoms with Gasteiger partial charge in [-0.15, -0.1) is 0 Å². The van der Waals surface area contributed by atoms with Gasteiger partial charge < -0.3 is 5.32 Å². The Balaban J connectivity index is 2.11. The van der Waals surface area contributed by atoms with E-state index in [9.17, 15) is 17.2 Å². The standard InChI is InChI=1S/C13H18F2N2O2S/c1-13(5-2-6-16-8-13)9-17-20(18,19)12-4-3-10(14)7-11(12)15/h3-4,7,16-17H,2,5-6,8-9H2,1H3. The highest BCUT2D eigenvalue weighted by Gasteiger charge is 2.29. The second kappa shape index (κ2) is 5.75. The van der Waals surface area contributed by atoms with Crippen LogP contribution in [-0.2, 0) is 10.0 Å². The van der Waals surface area contributed by atoms with E-state index in [0.717, 1.165) is 31.5 Å². The molecule has 0 radical (unpaired) electrons. The summed E-state index contributed by atoms with van der Waals surface area (Å²) in [5.41, 5.74) is -0.193. The minimum atomic E-state index is -3.96. The molecule has 0 aromatic heterocycles. The van der Waals surface area contributed by atoms with Crippen LogP contribution in [0.2, 0.25) is 0 Å².